The van der Waals surface area contributed by atoms with E-state index < -0.39 is 0 Å². The molecule has 9 heteroatoms. The van der Waals surface area contributed by atoms with Crippen LogP contribution < -0.4 is 22.5 Å². The fourth-order valence-corrected chi connectivity index (χ4v) is 2.62. The first-order valence-electron chi connectivity index (χ1n) is 8.31. The first-order chi connectivity index (χ1) is 11.0. The third kappa shape index (κ3) is 9.22. The SMILES string of the molecule is CCN1CCN(CCN=C(N)N)CCN(CCNC(=N)N)CC1. The van der Waals surface area contributed by atoms with Crippen molar-refractivity contribution in [1.29, 1.82) is 5.41 Å². The van der Waals surface area contributed by atoms with Gasteiger partial charge in [-0.2, -0.15) is 0 Å². The molecule has 0 spiro atoms. The van der Waals surface area contributed by atoms with Crippen molar-refractivity contribution in [2.45, 2.75) is 6.92 Å². The lowest BCUT2D eigenvalue weighted by Crippen LogP contribution is -2.42. The topological polar surface area (TPSA) is 136 Å². The van der Waals surface area contributed by atoms with Crippen molar-refractivity contribution in [2.24, 2.45) is 22.2 Å². The second-order valence-corrected chi connectivity index (χ2v) is 5.76. The van der Waals surface area contributed by atoms with Crippen LogP contribution in [0.2, 0.25) is 0 Å². The highest BCUT2D eigenvalue weighted by Gasteiger charge is 2.15. The van der Waals surface area contributed by atoms with Crippen molar-refractivity contribution in [1.82, 2.24) is 20.0 Å². The fraction of sp³-hybridized carbons (Fsp3) is 0.857. The average molecular weight is 327 g/mol. The van der Waals surface area contributed by atoms with Crippen LogP contribution in [-0.2, 0) is 0 Å². The molecule has 0 atom stereocenters. The Morgan fingerprint density at radius 1 is 0.957 bits per heavy atom. The van der Waals surface area contributed by atoms with Crippen LogP contribution in [0.1, 0.15) is 6.92 Å². The van der Waals surface area contributed by atoms with E-state index in [0.29, 0.717) is 13.1 Å². The first kappa shape index (κ1) is 19.5. The van der Waals surface area contributed by atoms with Gasteiger partial charge in [0, 0.05) is 58.9 Å². The van der Waals surface area contributed by atoms with E-state index in [1.807, 2.05) is 0 Å². The molecule has 1 rings (SSSR count). The minimum atomic E-state index is 0.0308. The van der Waals surface area contributed by atoms with Crippen molar-refractivity contribution in [3.8, 4) is 0 Å². The van der Waals surface area contributed by atoms with E-state index in [2.05, 4.69) is 31.9 Å². The molecule has 0 aliphatic carbocycles. The van der Waals surface area contributed by atoms with Gasteiger partial charge in [-0.15, -0.1) is 0 Å². The minimum Gasteiger partial charge on any atom is -0.370 e. The van der Waals surface area contributed by atoms with E-state index in [1.165, 1.54) is 0 Å². The Hall–Kier alpha value is -1.58. The van der Waals surface area contributed by atoms with E-state index >= 15 is 0 Å². The van der Waals surface area contributed by atoms with Crippen molar-refractivity contribution >= 4 is 11.9 Å². The number of nitrogens with zero attached hydrogens (tertiary/aromatic N) is 4. The van der Waals surface area contributed by atoms with Crippen LogP contribution in [0, 0.1) is 5.41 Å². The van der Waals surface area contributed by atoms with E-state index in [-0.39, 0.29) is 11.9 Å². The lowest BCUT2D eigenvalue weighted by atomic mass is 10.4. The van der Waals surface area contributed by atoms with Crippen molar-refractivity contribution in [3.05, 3.63) is 0 Å². The zero-order valence-corrected chi connectivity index (χ0v) is 14.3. The van der Waals surface area contributed by atoms with Gasteiger partial charge in [0.15, 0.2) is 11.9 Å². The predicted octanol–water partition coefficient (Wildman–Crippen LogP) is -2.32. The Balaban J connectivity index is 2.50. The highest BCUT2D eigenvalue weighted by atomic mass is 15.3. The molecule has 0 amide bonds. The molecule has 0 aromatic heterocycles. The number of aliphatic imine (C=N–C) groups is 1. The molecule has 0 unspecified atom stereocenters. The van der Waals surface area contributed by atoms with Gasteiger partial charge in [-0.1, -0.05) is 6.92 Å². The predicted molar refractivity (Wildman–Crippen MR) is 95.6 cm³/mol. The second-order valence-electron chi connectivity index (χ2n) is 5.76. The van der Waals surface area contributed by atoms with Gasteiger partial charge in [0.25, 0.3) is 0 Å². The van der Waals surface area contributed by atoms with E-state index in [9.17, 15) is 0 Å². The first-order valence-corrected chi connectivity index (χ1v) is 8.31. The summed E-state index contributed by atoms with van der Waals surface area (Å²) in [6.45, 7) is 12.6. The summed E-state index contributed by atoms with van der Waals surface area (Å²) >= 11 is 0. The number of likely N-dealkylation sites (N-methyl/N-ethyl adjacent to an activating group) is 1. The maximum Gasteiger partial charge on any atom is 0.185 e. The summed E-state index contributed by atoms with van der Waals surface area (Å²) in [5, 5.41) is 10.1. The Bertz CT molecular complexity index is 367. The molecule has 1 fully saturated rings. The number of hydrogen-bond acceptors (Lipinski definition) is 5. The average Bonchev–Trinajstić information content (AvgIpc) is 2.58. The van der Waals surface area contributed by atoms with Crippen LogP contribution in [-0.4, -0.2) is 98.6 Å². The Kier molecular flexibility index (Phi) is 9.34. The molecule has 0 bridgehead atoms. The summed E-state index contributed by atoms with van der Waals surface area (Å²) in [6, 6.07) is 0. The summed E-state index contributed by atoms with van der Waals surface area (Å²) in [6.07, 6.45) is 0. The van der Waals surface area contributed by atoms with Crippen LogP contribution in [0.4, 0.5) is 0 Å². The van der Waals surface area contributed by atoms with Crippen LogP contribution in [0.15, 0.2) is 4.99 Å². The van der Waals surface area contributed by atoms with E-state index in [0.717, 1.165) is 58.9 Å². The molecule has 8 N–H and O–H groups in total. The zero-order chi connectivity index (χ0) is 17.1. The molecule has 1 aliphatic rings. The van der Waals surface area contributed by atoms with E-state index in [1.54, 1.807) is 0 Å². The van der Waals surface area contributed by atoms with Gasteiger partial charge in [0.1, 0.15) is 0 Å². The zero-order valence-electron chi connectivity index (χ0n) is 14.3. The normalized spacial score (nSPS) is 18.7. The Morgan fingerprint density at radius 3 is 1.96 bits per heavy atom. The van der Waals surface area contributed by atoms with Crippen molar-refractivity contribution in [3.63, 3.8) is 0 Å². The molecule has 0 saturated carbocycles. The summed E-state index contributed by atoms with van der Waals surface area (Å²) in [5.41, 5.74) is 16.1. The molecular formula is C14H33N9. The molecule has 0 aromatic carbocycles. The largest absolute Gasteiger partial charge is 0.370 e. The van der Waals surface area contributed by atoms with Gasteiger partial charge in [-0.05, 0) is 6.54 Å². The molecule has 0 aromatic rings. The molecule has 9 nitrogen and oxygen atoms in total. The molecule has 134 valence electrons. The summed E-state index contributed by atoms with van der Waals surface area (Å²) in [4.78, 5) is 11.4. The highest BCUT2D eigenvalue weighted by molar-refractivity contribution is 5.75. The van der Waals surface area contributed by atoms with Crippen molar-refractivity contribution in [2.75, 3.05) is 72.0 Å². The van der Waals surface area contributed by atoms with Crippen LogP contribution >= 0.6 is 0 Å². The summed E-state index contributed by atoms with van der Waals surface area (Å²) < 4.78 is 0. The smallest absolute Gasteiger partial charge is 0.185 e. The van der Waals surface area contributed by atoms with Crippen molar-refractivity contribution < 1.29 is 0 Å². The Labute approximate surface area is 139 Å². The maximum atomic E-state index is 7.23. The van der Waals surface area contributed by atoms with E-state index in [4.69, 9.17) is 22.6 Å². The quantitative estimate of drug-likeness (QED) is 0.262. The van der Waals surface area contributed by atoms with Gasteiger partial charge in [0.2, 0.25) is 0 Å². The molecule has 23 heavy (non-hydrogen) atoms. The number of guanidine groups is 2. The molecular weight excluding hydrogens is 294 g/mol. The molecule has 1 heterocycles. The highest BCUT2D eigenvalue weighted by Crippen LogP contribution is 2.00. The lowest BCUT2D eigenvalue weighted by Gasteiger charge is -2.25. The molecule has 1 saturated heterocycles. The monoisotopic (exact) mass is 327 g/mol. The van der Waals surface area contributed by atoms with Crippen LogP contribution in [0.5, 0.6) is 0 Å². The van der Waals surface area contributed by atoms with Gasteiger partial charge in [-0.25, -0.2) is 0 Å². The number of hydrogen-bond donors (Lipinski definition) is 5. The van der Waals surface area contributed by atoms with Gasteiger partial charge in [0.05, 0.1) is 6.54 Å². The summed E-state index contributed by atoms with van der Waals surface area (Å²) in [5.74, 6) is 0.185. The minimum absolute atomic E-state index is 0.0308. The molecule has 1 aliphatic heterocycles. The molecule has 0 radical (unpaired) electrons. The fourth-order valence-electron chi connectivity index (χ4n) is 2.62. The maximum absolute atomic E-state index is 7.23. The van der Waals surface area contributed by atoms with Gasteiger partial charge in [-0.3, -0.25) is 20.2 Å². The van der Waals surface area contributed by atoms with Crippen LogP contribution in [0.3, 0.4) is 0 Å². The second kappa shape index (κ2) is 11.0. The van der Waals surface area contributed by atoms with Gasteiger partial charge >= 0.3 is 0 Å². The summed E-state index contributed by atoms with van der Waals surface area (Å²) in [7, 11) is 0. The Morgan fingerprint density at radius 2 is 1.48 bits per heavy atom. The van der Waals surface area contributed by atoms with Gasteiger partial charge < -0.3 is 27.4 Å². The number of rotatable bonds is 7. The number of nitrogens with one attached hydrogen (secondary N) is 2. The third-order valence-corrected chi connectivity index (χ3v) is 4.10. The standard InChI is InChI=1S/C14H33N9/c1-2-21-7-9-22(5-3-19-13(15)16)11-12-23(10-8-21)6-4-20-14(17)18/h2-12H2,1H3,(H4,15,16,19)(H4,17,18,20). The number of nitrogens with two attached hydrogens (primary N) is 3. The van der Waals surface area contributed by atoms with Crippen LogP contribution in [0.25, 0.3) is 0 Å². The third-order valence-electron chi connectivity index (χ3n) is 4.10. The lowest BCUT2D eigenvalue weighted by molar-refractivity contribution is 0.224.